The lowest BCUT2D eigenvalue weighted by molar-refractivity contribution is -0.164. The molecule has 1 unspecified atom stereocenters. The molecular weight excluding hydrogens is 434 g/mol. The maximum Gasteiger partial charge on any atom is 0.356 e. The second kappa shape index (κ2) is 9.78. The van der Waals surface area contributed by atoms with E-state index < -0.39 is 23.6 Å². The minimum absolute atomic E-state index is 0.0445. The second-order valence-electron chi connectivity index (χ2n) is 10.5. The SMILES string of the molecule is C=CCCC1(C)CCN(c2c(C(OC(C)(C)C)C(=O)OC)c(C)cn3nc(C(=O)O)cc23)CC1. The maximum absolute atomic E-state index is 13.0. The number of carbonyl (C=O) groups is 2. The summed E-state index contributed by atoms with van der Waals surface area (Å²) in [5, 5.41) is 13.8. The lowest BCUT2D eigenvalue weighted by Crippen LogP contribution is -2.40. The number of rotatable bonds is 8. The number of ether oxygens (including phenoxy) is 2. The summed E-state index contributed by atoms with van der Waals surface area (Å²) in [6.07, 6.45) is 6.76. The van der Waals surface area contributed by atoms with Crippen LogP contribution < -0.4 is 4.90 Å². The van der Waals surface area contributed by atoms with Gasteiger partial charge in [0.25, 0.3) is 0 Å². The van der Waals surface area contributed by atoms with Crippen molar-refractivity contribution in [3.63, 3.8) is 0 Å². The van der Waals surface area contributed by atoms with Gasteiger partial charge >= 0.3 is 11.9 Å². The molecule has 1 N–H and O–H groups in total. The van der Waals surface area contributed by atoms with Crippen molar-refractivity contribution in [1.82, 2.24) is 9.61 Å². The molecular formula is C26H37N3O5. The first-order chi connectivity index (χ1) is 15.9. The summed E-state index contributed by atoms with van der Waals surface area (Å²) in [6.45, 7) is 15.3. The van der Waals surface area contributed by atoms with Gasteiger partial charge in [0.2, 0.25) is 0 Å². The summed E-state index contributed by atoms with van der Waals surface area (Å²) < 4.78 is 13.0. The highest BCUT2D eigenvalue weighted by Crippen LogP contribution is 2.43. The molecule has 0 radical (unpaired) electrons. The molecule has 0 bridgehead atoms. The molecule has 0 spiro atoms. The third-order valence-electron chi connectivity index (χ3n) is 6.58. The number of allylic oxidation sites excluding steroid dienone is 1. The summed E-state index contributed by atoms with van der Waals surface area (Å²) in [7, 11) is 1.35. The van der Waals surface area contributed by atoms with Crippen molar-refractivity contribution in [2.45, 2.75) is 72.0 Å². The van der Waals surface area contributed by atoms with E-state index >= 15 is 0 Å². The third kappa shape index (κ3) is 5.43. The lowest BCUT2D eigenvalue weighted by Gasteiger charge is -2.42. The molecule has 3 rings (SSSR count). The fourth-order valence-electron chi connectivity index (χ4n) is 4.67. The minimum Gasteiger partial charge on any atom is -0.476 e. The van der Waals surface area contributed by atoms with Crippen LogP contribution in [0.5, 0.6) is 0 Å². The monoisotopic (exact) mass is 471 g/mol. The summed E-state index contributed by atoms with van der Waals surface area (Å²) >= 11 is 0. The molecule has 0 saturated carbocycles. The molecule has 2 aromatic rings. The minimum atomic E-state index is -1.10. The predicted octanol–water partition coefficient (Wildman–Crippen LogP) is 4.94. The summed E-state index contributed by atoms with van der Waals surface area (Å²) in [6, 6.07) is 1.57. The Morgan fingerprint density at radius 2 is 1.97 bits per heavy atom. The van der Waals surface area contributed by atoms with Crippen LogP contribution in [0.15, 0.2) is 24.9 Å². The normalized spacial score (nSPS) is 16.9. The van der Waals surface area contributed by atoms with Crippen LogP contribution in [0.3, 0.4) is 0 Å². The highest BCUT2D eigenvalue weighted by Gasteiger charge is 2.37. The van der Waals surface area contributed by atoms with Crippen molar-refractivity contribution in [2.24, 2.45) is 5.41 Å². The second-order valence-corrected chi connectivity index (χ2v) is 10.5. The van der Waals surface area contributed by atoms with Crippen molar-refractivity contribution in [2.75, 3.05) is 25.1 Å². The number of fused-ring (bicyclic) bond motifs is 1. The zero-order valence-corrected chi connectivity index (χ0v) is 21.2. The van der Waals surface area contributed by atoms with Crippen LogP contribution in [0.2, 0.25) is 0 Å². The fourth-order valence-corrected chi connectivity index (χ4v) is 4.67. The molecule has 1 aliphatic heterocycles. The van der Waals surface area contributed by atoms with Crippen LogP contribution >= 0.6 is 0 Å². The van der Waals surface area contributed by atoms with Crippen molar-refractivity contribution in [3.8, 4) is 0 Å². The van der Waals surface area contributed by atoms with E-state index in [0.29, 0.717) is 11.1 Å². The van der Waals surface area contributed by atoms with E-state index in [1.165, 1.54) is 7.11 Å². The Balaban J connectivity index is 2.17. The first kappa shape index (κ1) is 25.7. The van der Waals surface area contributed by atoms with E-state index in [4.69, 9.17) is 9.47 Å². The zero-order valence-electron chi connectivity index (χ0n) is 21.2. The Labute approximate surface area is 201 Å². The van der Waals surface area contributed by atoms with Crippen LogP contribution in [-0.2, 0) is 14.3 Å². The van der Waals surface area contributed by atoms with Crippen molar-refractivity contribution >= 4 is 23.1 Å². The molecule has 1 atom stereocenters. The molecule has 1 saturated heterocycles. The van der Waals surface area contributed by atoms with Gasteiger partial charge in [-0.1, -0.05) is 13.0 Å². The van der Waals surface area contributed by atoms with Crippen LogP contribution in [0, 0.1) is 12.3 Å². The third-order valence-corrected chi connectivity index (χ3v) is 6.58. The lowest BCUT2D eigenvalue weighted by atomic mass is 9.76. The predicted molar refractivity (Wildman–Crippen MR) is 131 cm³/mol. The number of methoxy groups -OCH3 is 1. The fraction of sp³-hybridized carbons (Fsp3) is 0.577. The number of aryl methyl sites for hydroxylation is 1. The topological polar surface area (TPSA) is 93.4 Å². The number of nitrogens with zero attached hydrogens (tertiary/aromatic N) is 3. The van der Waals surface area contributed by atoms with Gasteiger partial charge in [-0.25, -0.2) is 14.1 Å². The van der Waals surface area contributed by atoms with E-state index in [0.717, 1.165) is 50.0 Å². The standard InChI is InChI=1S/C26H37N3O5/c1-8-9-10-26(6)11-13-28(14-12-26)21-19-15-18(23(30)31)27-29(19)16-17(2)20(21)22(24(32)33-7)34-25(3,4)5/h8,15-16,22H,1,9-14H2,2-7H3,(H,30,31). The van der Waals surface area contributed by atoms with Gasteiger partial charge in [0, 0.05) is 30.9 Å². The average Bonchev–Trinajstić information content (AvgIpc) is 3.19. The zero-order chi connectivity index (χ0) is 25.3. The molecule has 34 heavy (non-hydrogen) atoms. The number of pyridine rings is 1. The summed E-state index contributed by atoms with van der Waals surface area (Å²) in [4.78, 5) is 26.9. The number of esters is 1. The summed E-state index contributed by atoms with van der Waals surface area (Å²) in [5.74, 6) is -1.59. The van der Waals surface area contributed by atoms with Gasteiger partial charge in [-0.05, 0) is 64.4 Å². The number of carboxylic acids is 1. The van der Waals surface area contributed by atoms with Crippen LogP contribution in [-0.4, -0.2) is 52.5 Å². The number of carbonyl (C=O) groups excluding carboxylic acids is 1. The Bertz CT molecular complexity index is 1070. The van der Waals surface area contributed by atoms with E-state index in [9.17, 15) is 14.7 Å². The van der Waals surface area contributed by atoms with Crippen molar-refractivity contribution in [3.05, 3.63) is 41.7 Å². The van der Waals surface area contributed by atoms with E-state index in [2.05, 4.69) is 23.5 Å². The van der Waals surface area contributed by atoms with Crippen molar-refractivity contribution < 1.29 is 24.2 Å². The Kier molecular flexibility index (Phi) is 7.41. The van der Waals surface area contributed by atoms with Gasteiger partial charge in [-0.2, -0.15) is 5.10 Å². The van der Waals surface area contributed by atoms with Gasteiger partial charge in [0.1, 0.15) is 0 Å². The van der Waals surface area contributed by atoms with E-state index in [-0.39, 0.29) is 11.1 Å². The number of aromatic carboxylic acids is 1. The molecule has 0 amide bonds. The van der Waals surface area contributed by atoms with E-state index in [1.54, 1.807) is 16.8 Å². The quantitative estimate of drug-likeness (QED) is 0.430. The first-order valence-electron chi connectivity index (χ1n) is 11.8. The smallest absolute Gasteiger partial charge is 0.356 e. The number of hydrogen-bond donors (Lipinski definition) is 1. The highest BCUT2D eigenvalue weighted by atomic mass is 16.6. The van der Waals surface area contributed by atoms with Crippen LogP contribution in [0.25, 0.3) is 5.52 Å². The Morgan fingerprint density at radius 3 is 2.50 bits per heavy atom. The van der Waals surface area contributed by atoms with Crippen molar-refractivity contribution in [1.29, 1.82) is 0 Å². The first-order valence-corrected chi connectivity index (χ1v) is 11.8. The van der Waals surface area contributed by atoms with E-state index in [1.807, 2.05) is 33.8 Å². The number of hydrogen-bond acceptors (Lipinski definition) is 6. The number of aromatic nitrogens is 2. The largest absolute Gasteiger partial charge is 0.476 e. The van der Waals surface area contributed by atoms with Gasteiger partial charge < -0.3 is 19.5 Å². The summed E-state index contributed by atoms with van der Waals surface area (Å²) in [5.41, 5.74) is 2.46. The maximum atomic E-state index is 13.0. The van der Waals surface area contributed by atoms with Gasteiger partial charge in [0.15, 0.2) is 11.8 Å². The molecule has 1 aliphatic rings. The van der Waals surface area contributed by atoms with Crippen LogP contribution in [0.4, 0.5) is 5.69 Å². The van der Waals surface area contributed by atoms with Gasteiger partial charge in [-0.3, -0.25) is 0 Å². The molecule has 0 aromatic carbocycles. The number of anilines is 1. The molecule has 3 heterocycles. The molecule has 2 aromatic heterocycles. The van der Waals surface area contributed by atoms with Crippen LogP contribution in [0.1, 0.15) is 81.1 Å². The Hall–Kier alpha value is -2.87. The van der Waals surface area contributed by atoms with Gasteiger partial charge in [0.05, 0.1) is 23.9 Å². The average molecular weight is 472 g/mol. The molecule has 8 heteroatoms. The molecule has 0 aliphatic carbocycles. The molecule has 1 fully saturated rings. The number of piperidine rings is 1. The molecule has 8 nitrogen and oxygen atoms in total. The van der Waals surface area contributed by atoms with Gasteiger partial charge in [-0.15, -0.1) is 6.58 Å². The number of carboxylic acid groups (broad SMARTS) is 1. The highest BCUT2D eigenvalue weighted by molar-refractivity contribution is 5.91. The Morgan fingerprint density at radius 1 is 1.32 bits per heavy atom. The molecule has 186 valence electrons.